The third kappa shape index (κ3) is 5.72. The van der Waals surface area contributed by atoms with Crippen LogP contribution in [0.2, 0.25) is 10.0 Å². The van der Waals surface area contributed by atoms with Crippen LogP contribution in [0.15, 0.2) is 42.9 Å². The van der Waals surface area contributed by atoms with E-state index in [1.807, 2.05) is 4.90 Å². The van der Waals surface area contributed by atoms with Gasteiger partial charge in [0.2, 0.25) is 0 Å². The lowest BCUT2D eigenvalue weighted by molar-refractivity contribution is 0.223. The molecule has 10 heteroatoms. The Kier molecular flexibility index (Phi) is 7.68. The highest BCUT2D eigenvalue weighted by Gasteiger charge is 2.40. The molecule has 0 bridgehead atoms. The van der Waals surface area contributed by atoms with Crippen LogP contribution < -0.4 is 20.7 Å². The van der Waals surface area contributed by atoms with Crippen molar-refractivity contribution >= 4 is 40.4 Å². The Morgan fingerprint density at radius 3 is 2.56 bits per heavy atom. The number of rotatable bonds is 9. The molecule has 1 aromatic carbocycles. The third-order valence-corrected chi connectivity index (χ3v) is 6.77. The zero-order valence-electron chi connectivity index (χ0n) is 20.4. The second kappa shape index (κ2) is 10.6. The fraction of sp³-hybridized carbons (Fsp3) is 0.346. The number of anilines is 2. The number of nitrogen functional groups attached to an aromatic ring is 1. The molecule has 0 amide bonds. The smallest absolute Gasteiger partial charge is 0.166 e. The van der Waals surface area contributed by atoms with Gasteiger partial charge >= 0.3 is 0 Å². The largest absolute Gasteiger partial charge is 0.489 e. The first-order valence-corrected chi connectivity index (χ1v) is 12.4. The second-order valence-electron chi connectivity index (χ2n) is 9.73. The molecule has 2 aromatic heterocycles. The van der Waals surface area contributed by atoms with Crippen LogP contribution in [-0.2, 0) is 6.61 Å². The normalized spacial score (nSPS) is 14.6. The number of benzene rings is 1. The molecular weight excluding hydrogens is 502 g/mol. The molecule has 36 heavy (non-hydrogen) atoms. The van der Waals surface area contributed by atoms with Crippen LogP contribution in [0.3, 0.4) is 0 Å². The van der Waals surface area contributed by atoms with E-state index in [2.05, 4.69) is 36.1 Å². The maximum absolute atomic E-state index is 15.0. The molecule has 7 nitrogen and oxygen atoms in total. The lowest BCUT2D eigenvalue weighted by Crippen LogP contribution is -2.60. The molecule has 0 radical (unpaired) electrons. The number of halogens is 3. The summed E-state index contributed by atoms with van der Waals surface area (Å²) in [5.41, 5.74) is 7.96. The molecule has 190 valence electrons. The summed E-state index contributed by atoms with van der Waals surface area (Å²) in [6.45, 7) is 8.79. The highest BCUT2D eigenvalue weighted by Crippen LogP contribution is 2.34. The highest BCUT2D eigenvalue weighted by molar-refractivity contribution is 6.35. The van der Waals surface area contributed by atoms with Crippen molar-refractivity contribution in [1.82, 2.24) is 15.3 Å². The number of aromatic nitrogens is 2. The molecule has 4 rings (SSSR count). The summed E-state index contributed by atoms with van der Waals surface area (Å²) >= 11 is 12.3. The highest BCUT2D eigenvalue weighted by atomic mass is 35.5. The average Bonchev–Trinajstić information content (AvgIpc) is 2.81. The molecule has 1 fully saturated rings. The molecule has 0 saturated carbocycles. The van der Waals surface area contributed by atoms with Crippen molar-refractivity contribution in [1.29, 1.82) is 5.41 Å². The van der Waals surface area contributed by atoms with Crippen LogP contribution in [0.25, 0.3) is 0 Å². The van der Waals surface area contributed by atoms with Gasteiger partial charge in [0.05, 0.1) is 15.8 Å². The molecule has 1 aliphatic heterocycles. The molecule has 3 heterocycles. The number of hydrogen-bond acceptors (Lipinski definition) is 7. The average molecular weight is 531 g/mol. The van der Waals surface area contributed by atoms with Gasteiger partial charge in [-0.15, -0.1) is 0 Å². The Hall–Kier alpha value is -2.94. The summed E-state index contributed by atoms with van der Waals surface area (Å²) in [4.78, 5) is 10.2. The lowest BCUT2D eigenvalue weighted by Gasteiger charge is -2.49. The van der Waals surface area contributed by atoms with Crippen LogP contribution in [-0.4, -0.2) is 41.4 Å². The zero-order valence-corrected chi connectivity index (χ0v) is 21.9. The first-order valence-electron chi connectivity index (χ1n) is 11.6. The Labute approximate surface area is 220 Å². The summed E-state index contributed by atoms with van der Waals surface area (Å²) in [6.07, 6.45) is 4.49. The fourth-order valence-electron chi connectivity index (χ4n) is 4.12. The van der Waals surface area contributed by atoms with E-state index >= 15 is 4.39 Å². The molecule has 0 unspecified atom stereocenters. The number of nitrogens with zero attached hydrogens (tertiary/aromatic N) is 3. The van der Waals surface area contributed by atoms with Crippen molar-refractivity contribution in [2.45, 2.75) is 33.4 Å². The predicted molar refractivity (Wildman–Crippen MR) is 143 cm³/mol. The van der Waals surface area contributed by atoms with Crippen LogP contribution in [0.4, 0.5) is 15.9 Å². The van der Waals surface area contributed by atoms with E-state index in [9.17, 15) is 0 Å². The summed E-state index contributed by atoms with van der Waals surface area (Å²) < 4.78 is 20.9. The number of nitrogens with one attached hydrogen (secondary N) is 2. The molecular formula is C26H29Cl2FN6O. The van der Waals surface area contributed by atoms with Gasteiger partial charge in [-0.3, -0.25) is 10.4 Å². The molecule has 1 saturated heterocycles. The van der Waals surface area contributed by atoms with E-state index in [1.165, 1.54) is 24.7 Å². The maximum Gasteiger partial charge on any atom is 0.166 e. The van der Waals surface area contributed by atoms with E-state index in [0.29, 0.717) is 63.1 Å². The van der Waals surface area contributed by atoms with E-state index in [4.69, 9.17) is 39.1 Å². The Morgan fingerprint density at radius 1 is 1.22 bits per heavy atom. The molecule has 0 atom stereocenters. The number of nitrogens with two attached hydrogens (primary N) is 1. The van der Waals surface area contributed by atoms with Gasteiger partial charge in [-0.05, 0) is 24.3 Å². The summed E-state index contributed by atoms with van der Waals surface area (Å²) in [5, 5.41) is 12.9. The van der Waals surface area contributed by atoms with Gasteiger partial charge in [-0.25, -0.2) is 9.37 Å². The van der Waals surface area contributed by atoms with Gasteiger partial charge in [-0.1, -0.05) is 44.0 Å². The minimum absolute atomic E-state index is 0.0467. The van der Waals surface area contributed by atoms with E-state index < -0.39 is 5.82 Å². The van der Waals surface area contributed by atoms with Crippen molar-refractivity contribution in [3.63, 3.8) is 0 Å². The van der Waals surface area contributed by atoms with Gasteiger partial charge in [0.25, 0.3) is 0 Å². The van der Waals surface area contributed by atoms with Gasteiger partial charge in [0.1, 0.15) is 12.4 Å². The van der Waals surface area contributed by atoms with Gasteiger partial charge in [0.15, 0.2) is 11.6 Å². The molecule has 1 aliphatic rings. The number of pyridine rings is 2. The lowest BCUT2D eigenvalue weighted by atomic mass is 9.81. The monoisotopic (exact) mass is 530 g/mol. The Morgan fingerprint density at radius 2 is 1.92 bits per heavy atom. The Balaban J connectivity index is 1.46. The van der Waals surface area contributed by atoms with Crippen molar-refractivity contribution in [2.75, 3.05) is 30.3 Å². The van der Waals surface area contributed by atoms with Crippen molar-refractivity contribution in [2.24, 2.45) is 5.41 Å². The van der Waals surface area contributed by atoms with E-state index in [0.717, 1.165) is 6.54 Å². The molecule has 4 N–H and O–H groups in total. The van der Waals surface area contributed by atoms with Crippen molar-refractivity contribution in [3.05, 3.63) is 75.4 Å². The van der Waals surface area contributed by atoms with Crippen LogP contribution in [0.1, 0.15) is 37.5 Å². The topological polar surface area (TPSA) is 100 Å². The fourth-order valence-corrected chi connectivity index (χ4v) is 4.59. The van der Waals surface area contributed by atoms with Crippen molar-refractivity contribution in [3.8, 4) is 5.75 Å². The van der Waals surface area contributed by atoms with Crippen LogP contribution in [0, 0.1) is 16.6 Å². The summed E-state index contributed by atoms with van der Waals surface area (Å²) in [5.74, 6) is 0.293. The van der Waals surface area contributed by atoms with E-state index in [-0.39, 0.29) is 17.7 Å². The van der Waals surface area contributed by atoms with Crippen molar-refractivity contribution < 1.29 is 9.13 Å². The zero-order chi connectivity index (χ0) is 26.0. The standard InChI is InChI=1S/C26H29Cl2FN6O/c1-15(2)34-12-26(3)13-35(14-26)25-22(29)6-16(8-33-25)24(31)18-7-17(4-5-23(18)30)36-11-19-20(27)9-32-10-21(19)28/h4-10,15,31,34H,11-14,30H2,1-3H3. The summed E-state index contributed by atoms with van der Waals surface area (Å²) in [6, 6.07) is 6.69. The molecule has 3 aromatic rings. The third-order valence-electron chi connectivity index (χ3n) is 6.12. The van der Waals surface area contributed by atoms with Crippen LogP contribution in [0.5, 0.6) is 5.75 Å². The van der Waals surface area contributed by atoms with Gasteiger partial charge in [0, 0.05) is 72.1 Å². The molecule has 0 spiro atoms. The number of ether oxygens (including phenoxy) is 1. The van der Waals surface area contributed by atoms with Gasteiger partial charge < -0.3 is 20.7 Å². The quantitative estimate of drug-likeness (QED) is 0.255. The maximum atomic E-state index is 15.0. The Bertz CT molecular complexity index is 1260. The minimum Gasteiger partial charge on any atom is -0.489 e. The first-order chi connectivity index (χ1) is 17.1. The molecule has 0 aliphatic carbocycles. The van der Waals surface area contributed by atoms with Gasteiger partial charge in [-0.2, -0.15) is 0 Å². The predicted octanol–water partition coefficient (Wildman–Crippen LogP) is 5.32. The number of hydrogen-bond donors (Lipinski definition) is 3. The van der Waals surface area contributed by atoms with E-state index in [1.54, 1.807) is 18.2 Å². The first kappa shape index (κ1) is 26.1. The van der Waals surface area contributed by atoms with Crippen LogP contribution >= 0.6 is 23.2 Å². The minimum atomic E-state index is -0.468. The SMILES string of the molecule is CC(C)NCC1(C)CN(c2ncc(C(=N)c3cc(OCc4c(Cl)cncc4Cl)ccc3N)cc2F)C1. The second-order valence-corrected chi connectivity index (χ2v) is 10.5. The summed E-state index contributed by atoms with van der Waals surface area (Å²) in [7, 11) is 0.